The van der Waals surface area contributed by atoms with Crippen LogP contribution in [0.5, 0.6) is 0 Å². The first kappa shape index (κ1) is 12.1. The lowest BCUT2D eigenvalue weighted by atomic mass is 9.83. The van der Waals surface area contributed by atoms with Crippen molar-refractivity contribution >= 4 is 11.3 Å². The minimum Gasteiger partial charge on any atom is -0.308 e. The Bertz CT molecular complexity index is 276. The molecule has 1 aromatic rings. The molecule has 0 spiro atoms. The quantitative estimate of drug-likeness (QED) is 0.848. The Morgan fingerprint density at radius 3 is 2.81 bits per heavy atom. The number of hydrogen-bond acceptors (Lipinski definition) is 3. The fourth-order valence-corrected chi connectivity index (χ4v) is 3.20. The molecule has 0 aliphatic heterocycles. The lowest BCUT2D eigenvalue weighted by molar-refractivity contribution is 0.277. The molecule has 0 bridgehead atoms. The zero-order valence-corrected chi connectivity index (χ0v) is 10.9. The van der Waals surface area contributed by atoms with E-state index < -0.39 is 0 Å². The summed E-state index contributed by atoms with van der Waals surface area (Å²) in [4.78, 5) is 4.30. The second-order valence-electron chi connectivity index (χ2n) is 4.87. The van der Waals surface area contributed by atoms with Gasteiger partial charge in [-0.05, 0) is 31.6 Å². The van der Waals surface area contributed by atoms with Gasteiger partial charge in [-0.1, -0.05) is 19.8 Å². The minimum absolute atomic E-state index is 0.731. The van der Waals surface area contributed by atoms with Crippen LogP contribution in [0.4, 0.5) is 0 Å². The summed E-state index contributed by atoms with van der Waals surface area (Å²) in [6, 6.07) is 0.731. The monoisotopic (exact) mass is 238 g/mol. The van der Waals surface area contributed by atoms with Crippen molar-refractivity contribution in [2.75, 3.05) is 0 Å². The highest BCUT2D eigenvalue weighted by molar-refractivity contribution is 7.07. The van der Waals surface area contributed by atoms with Crippen molar-refractivity contribution in [3.05, 3.63) is 16.6 Å². The van der Waals surface area contributed by atoms with E-state index in [-0.39, 0.29) is 0 Å². The number of rotatable bonds is 5. The maximum Gasteiger partial charge on any atom is 0.0795 e. The molecule has 0 atom stereocenters. The molecule has 1 aliphatic rings. The largest absolute Gasteiger partial charge is 0.308 e. The summed E-state index contributed by atoms with van der Waals surface area (Å²) in [7, 11) is 0. The van der Waals surface area contributed by atoms with Gasteiger partial charge >= 0.3 is 0 Å². The molecule has 0 radical (unpaired) electrons. The highest BCUT2D eigenvalue weighted by atomic mass is 32.1. The Labute approximate surface area is 102 Å². The minimum atomic E-state index is 0.731. The van der Waals surface area contributed by atoms with Gasteiger partial charge in [0.25, 0.3) is 0 Å². The molecule has 1 aromatic heterocycles. The second kappa shape index (κ2) is 6.36. The lowest BCUT2D eigenvalue weighted by Gasteiger charge is -2.28. The van der Waals surface area contributed by atoms with E-state index in [0.717, 1.165) is 18.5 Å². The van der Waals surface area contributed by atoms with E-state index in [1.165, 1.54) is 44.2 Å². The summed E-state index contributed by atoms with van der Waals surface area (Å²) in [6.07, 6.45) is 8.33. The Hall–Kier alpha value is -0.410. The van der Waals surface area contributed by atoms with Crippen LogP contribution in [-0.2, 0) is 6.54 Å². The number of nitrogens with zero attached hydrogens (tertiary/aromatic N) is 1. The summed E-state index contributed by atoms with van der Waals surface area (Å²) in [5, 5.41) is 5.77. The average Bonchev–Trinajstić information content (AvgIpc) is 2.82. The van der Waals surface area contributed by atoms with Gasteiger partial charge in [0.15, 0.2) is 0 Å². The number of nitrogens with one attached hydrogen (secondary N) is 1. The van der Waals surface area contributed by atoms with Crippen molar-refractivity contribution in [2.45, 2.75) is 58.0 Å². The van der Waals surface area contributed by atoms with E-state index in [4.69, 9.17) is 0 Å². The topological polar surface area (TPSA) is 24.9 Å². The Kier molecular flexibility index (Phi) is 4.79. The third kappa shape index (κ3) is 3.56. The first-order valence-corrected chi connectivity index (χ1v) is 7.43. The smallest absolute Gasteiger partial charge is 0.0795 e. The Balaban J connectivity index is 1.65. The molecule has 0 aromatic carbocycles. The summed E-state index contributed by atoms with van der Waals surface area (Å²) >= 11 is 1.68. The number of hydrogen-bond donors (Lipinski definition) is 1. The van der Waals surface area contributed by atoms with Crippen LogP contribution in [0.1, 0.15) is 51.1 Å². The predicted molar refractivity (Wildman–Crippen MR) is 69.6 cm³/mol. The van der Waals surface area contributed by atoms with Gasteiger partial charge in [-0.3, -0.25) is 0 Å². The zero-order valence-electron chi connectivity index (χ0n) is 10.1. The third-order valence-electron chi connectivity index (χ3n) is 3.60. The standard InChI is InChI=1S/C13H22N2S/c1-2-3-11-4-6-12(7-5-11)14-8-13-9-16-10-15-13/h9-12,14H,2-8H2,1H3. The molecule has 1 saturated carbocycles. The van der Waals surface area contributed by atoms with E-state index >= 15 is 0 Å². The number of aromatic nitrogens is 1. The normalized spacial score (nSPS) is 25.8. The first-order valence-electron chi connectivity index (χ1n) is 6.49. The zero-order chi connectivity index (χ0) is 11.2. The van der Waals surface area contributed by atoms with Crippen LogP contribution in [0.3, 0.4) is 0 Å². The van der Waals surface area contributed by atoms with E-state index in [1.54, 1.807) is 11.3 Å². The van der Waals surface area contributed by atoms with Crippen molar-refractivity contribution < 1.29 is 0 Å². The molecule has 1 heterocycles. The summed E-state index contributed by atoms with van der Waals surface area (Å²) in [6.45, 7) is 3.25. The maximum absolute atomic E-state index is 4.30. The maximum atomic E-state index is 4.30. The molecule has 0 unspecified atom stereocenters. The molecule has 1 N–H and O–H groups in total. The molecular formula is C13H22N2S. The van der Waals surface area contributed by atoms with Crippen LogP contribution in [-0.4, -0.2) is 11.0 Å². The Morgan fingerprint density at radius 1 is 1.38 bits per heavy atom. The van der Waals surface area contributed by atoms with Gasteiger partial charge in [0.2, 0.25) is 0 Å². The molecule has 90 valence electrons. The molecule has 0 amide bonds. The lowest BCUT2D eigenvalue weighted by Crippen LogP contribution is -2.32. The summed E-state index contributed by atoms with van der Waals surface area (Å²) < 4.78 is 0. The molecular weight excluding hydrogens is 216 g/mol. The van der Waals surface area contributed by atoms with Gasteiger partial charge < -0.3 is 5.32 Å². The van der Waals surface area contributed by atoms with Gasteiger partial charge in [-0.2, -0.15) is 0 Å². The molecule has 1 fully saturated rings. The van der Waals surface area contributed by atoms with Crippen molar-refractivity contribution in [1.29, 1.82) is 0 Å². The molecule has 3 heteroatoms. The van der Waals surface area contributed by atoms with Crippen molar-refractivity contribution in [2.24, 2.45) is 5.92 Å². The van der Waals surface area contributed by atoms with E-state index in [1.807, 2.05) is 5.51 Å². The SMILES string of the molecule is CCCC1CCC(NCc2cscn2)CC1. The van der Waals surface area contributed by atoms with Crippen molar-refractivity contribution in [1.82, 2.24) is 10.3 Å². The van der Waals surface area contributed by atoms with Crippen LogP contribution in [0.15, 0.2) is 10.9 Å². The highest BCUT2D eigenvalue weighted by Crippen LogP contribution is 2.27. The Morgan fingerprint density at radius 2 is 2.19 bits per heavy atom. The van der Waals surface area contributed by atoms with E-state index in [2.05, 4.69) is 22.6 Å². The van der Waals surface area contributed by atoms with Crippen LogP contribution in [0.25, 0.3) is 0 Å². The summed E-state index contributed by atoms with van der Waals surface area (Å²) in [5.74, 6) is 1.00. The second-order valence-corrected chi connectivity index (χ2v) is 5.59. The van der Waals surface area contributed by atoms with Gasteiger partial charge in [-0.25, -0.2) is 4.98 Å². The highest BCUT2D eigenvalue weighted by Gasteiger charge is 2.19. The molecule has 1 aliphatic carbocycles. The molecule has 16 heavy (non-hydrogen) atoms. The molecule has 0 saturated heterocycles. The van der Waals surface area contributed by atoms with Gasteiger partial charge in [0.1, 0.15) is 0 Å². The van der Waals surface area contributed by atoms with Crippen LogP contribution in [0.2, 0.25) is 0 Å². The number of thiazole rings is 1. The predicted octanol–water partition coefficient (Wildman–Crippen LogP) is 3.59. The van der Waals surface area contributed by atoms with Crippen molar-refractivity contribution in [3.8, 4) is 0 Å². The average molecular weight is 238 g/mol. The third-order valence-corrected chi connectivity index (χ3v) is 4.23. The summed E-state index contributed by atoms with van der Waals surface area (Å²) in [5.41, 5.74) is 3.11. The van der Waals surface area contributed by atoms with E-state index in [0.29, 0.717) is 0 Å². The van der Waals surface area contributed by atoms with Crippen LogP contribution < -0.4 is 5.32 Å². The van der Waals surface area contributed by atoms with Crippen molar-refractivity contribution in [3.63, 3.8) is 0 Å². The first-order chi connectivity index (χ1) is 7.88. The van der Waals surface area contributed by atoms with Gasteiger partial charge in [0, 0.05) is 18.0 Å². The fraction of sp³-hybridized carbons (Fsp3) is 0.769. The molecule has 2 nitrogen and oxygen atoms in total. The molecule has 2 rings (SSSR count). The van der Waals surface area contributed by atoms with Crippen LogP contribution >= 0.6 is 11.3 Å². The van der Waals surface area contributed by atoms with E-state index in [9.17, 15) is 0 Å². The van der Waals surface area contributed by atoms with Crippen LogP contribution in [0, 0.1) is 5.92 Å². The van der Waals surface area contributed by atoms with Gasteiger partial charge in [-0.15, -0.1) is 11.3 Å². The van der Waals surface area contributed by atoms with Gasteiger partial charge in [0.05, 0.1) is 11.2 Å². The fourth-order valence-electron chi connectivity index (χ4n) is 2.64.